The standard InChI is InChI=1S/C4H11NO5Si/c1-8-11(9-2,10-3)5-4(6)7/h5H,1-3H3,(H,6,7). The molecule has 0 spiro atoms. The van der Waals surface area contributed by atoms with Crippen LogP contribution in [0.1, 0.15) is 0 Å². The smallest absolute Gasteiger partial charge is 0.465 e. The Kier molecular flexibility index (Phi) is 4.04. The van der Waals surface area contributed by atoms with Crippen LogP contribution in [0.15, 0.2) is 0 Å². The third kappa shape index (κ3) is 2.85. The van der Waals surface area contributed by atoms with E-state index in [1.54, 1.807) is 0 Å². The molecule has 0 aromatic rings. The van der Waals surface area contributed by atoms with Gasteiger partial charge in [0.25, 0.3) is 0 Å². The van der Waals surface area contributed by atoms with Gasteiger partial charge in [0.05, 0.1) is 0 Å². The topological polar surface area (TPSA) is 77.0 Å². The third-order valence-electron chi connectivity index (χ3n) is 1.07. The van der Waals surface area contributed by atoms with Crippen LogP contribution in [-0.2, 0) is 13.3 Å². The van der Waals surface area contributed by atoms with Crippen LogP contribution >= 0.6 is 0 Å². The molecular weight excluding hydrogens is 170 g/mol. The lowest BCUT2D eigenvalue weighted by Crippen LogP contribution is -2.58. The number of hydrogen-bond donors (Lipinski definition) is 2. The molecule has 0 aromatic heterocycles. The molecule has 0 saturated carbocycles. The van der Waals surface area contributed by atoms with E-state index in [2.05, 4.69) is 0 Å². The average molecular weight is 181 g/mol. The third-order valence-corrected chi connectivity index (χ3v) is 3.20. The fraction of sp³-hybridized carbons (Fsp3) is 0.750. The summed E-state index contributed by atoms with van der Waals surface area (Å²) in [7, 11) is 0.814. The van der Waals surface area contributed by atoms with Crippen molar-refractivity contribution in [2.24, 2.45) is 0 Å². The van der Waals surface area contributed by atoms with Gasteiger partial charge in [-0.2, -0.15) is 0 Å². The van der Waals surface area contributed by atoms with Crippen LogP contribution in [0.5, 0.6) is 0 Å². The van der Waals surface area contributed by atoms with E-state index >= 15 is 0 Å². The predicted octanol–water partition coefficient (Wildman–Crippen LogP) is -0.371. The second-order valence-corrected chi connectivity index (χ2v) is 4.19. The normalized spacial score (nSPS) is 11.2. The van der Waals surface area contributed by atoms with E-state index in [1.165, 1.54) is 21.3 Å². The van der Waals surface area contributed by atoms with Gasteiger partial charge in [0.15, 0.2) is 0 Å². The molecule has 0 unspecified atom stereocenters. The van der Waals surface area contributed by atoms with Crippen LogP contribution in [0.3, 0.4) is 0 Å². The summed E-state index contributed by atoms with van der Waals surface area (Å²) in [5.41, 5.74) is 0. The number of hydrogen-bond acceptors (Lipinski definition) is 4. The first-order valence-electron chi connectivity index (χ1n) is 2.76. The van der Waals surface area contributed by atoms with E-state index < -0.39 is 15.1 Å². The Morgan fingerprint density at radius 2 is 1.64 bits per heavy atom. The van der Waals surface area contributed by atoms with Crippen molar-refractivity contribution in [2.75, 3.05) is 21.3 Å². The van der Waals surface area contributed by atoms with E-state index in [0.717, 1.165) is 0 Å². The minimum absolute atomic E-state index is 1.23. The van der Waals surface area contributed by atoms with Crippen LogP contribution in [0.25, 0.3) is 0 Å². The summed E-state index contributed by atoms with van der Waals surface area (Å²) < 4.78 is 14.2. The Balaban J connectivity index is 4.16. The summed E-state index contributed by atoms with van der Waals surface area (Å²) in [6.07, 6.45) is -1.23. The van der Waals surface area contributed by atoms with Gasteiger partial charge in [-0.15, -0.1) is 0 Å². The van der Waals surface area contributed by atoms with E-state index in [9.17, 15) is 4.79 Å². The van der Waals surface area contributed by atoms with E-state index in [1.807, 2.05) is 4.98 Å². The van der Waals surface area contributed by atoms with Crippen LogP contribution in [-0.4, -0.2) is 41.5 Å². The molecule has 66 valence electrons. The molecule has 0 aliphatic carbocycles. The van der Waals surface area contributed by atoms with Gasteiger partial charge >= 0.3 is 15.1 Å². The van der Waals surface area contributed by atoms with Crippen molar-refractivity contribution >= 4 is 15.1 Å². The van der Waals surface area contributed by atoms with Crippen molar-refractivity contribution < 1.29 is 23.2 Å². The Morgan fingerprint density at radius 1 is 1.27 bits per heavy atom. The van der Waals surface area contributed by atoms with Gasteiger partial charge in [0.1, 0.15) is 0 Å². The van der Waals surface area contributed by atoms with Gasteiger partial charge in [-0.1, -0.05) is 0 Å². The highest BCUT2D eigenvalue weighted by Gasteiger charge is 2.41. The summed E-state index contributed by atoms with van der Waals surface area (Å²) in [5, 5.41) is 8.33. The molecule has 7 heteroatoms. The molecule has 0 aliphatic heterocycles. The van der Waals surface area contributed by atoms with Crippen molar-refractivity contribution in [1.29, 1.82) is 0 Å². The van der Waals surface area contributed by atoms with Crippen LogP contribution in [0, 0.1) is 0 Å². The average Bonchev–Trinajstić information content (AvgIpc) is 2.00. The van der Waals surface area contributed by atoms with Gasteiger partial charge in [-0.05, 0) is 0 Å². The molecule has 0 rings (SSSR count). The maximum absolute atomic E-state index is 10.2. The lowest BCUT2D eigenvalue weighted by Gasteiger charge is -2.21. The molecule has 2 N–H and O–H groups in total. The number of rotatable bonds is 4. The number of carbonyl (C=O) groups is 1. The summed E-state index contributed by atoms with van der Waals surface area (Å²) in [6.45, 7) is 0. The molecule has 0 aliphatic rings. The Bertz CT molecular complexity index is 128. The van der Waals surface area contributed by atoms with Gasteiger partial charge in [0.2, 0.25) is 0 Å². The second-order valence-electron chi connectivity index (χ2n) is 1.60. The van der Waals surface area contributed by atoms with Crippen molar-refractivity contribution in [2.45, 2.75) is 0 Å². The monoisotopic (exact) mass is 181 g/mol. The number of carboxylic acid groups (broad SMARTS) is 1. The largest absolute Gasteiger partial charge is 0.635 e. The molecule has 11 heavy (non-hydrogen) atoms. The fourth-order valence-electron chi connectivity index (χ4n) is 0.534. The van der Waals surface area contributed by atoms with Gasteiger partial charge < -0.3 is 18.4 Å². The quantitative estimate of drug-likeness (QED) is 0.578. The maximum Gasteiger partial charge on any atom is 0.635 e. The summed E-state index contributed by atoms with van der Waals surface area (Å²) in [4.78, 5) is 12.2. The highest BCUT2D eigenvalue weighted by atomic mass is 28.4. The van der Waals surface area contributed by atoms with E-state index in [-0.39, 0.29) is 0 Å². The first kappa shape index (κ1) is 10.4. The van der Waals surface area contributed by atoms with Crippen LogP contribution in [0.2, 0.25) is 0 Å². The van der Waals surface area contributed by atoms with Crippen molar-refractivity contribution in [3.63, 3.8) is 0 Å². The fourth-order valence-corrected chi connectivity index (χ4v) is 1.60. The predicted molar refractivity (Wildman–Crippen MR) is 37.9 cm³/mol. The highest BCUT2D eigenvalue weighted by molar-refractivity contribution is 6.60. The van der Waals surface area contributed by atoms with Gasteiger partial charge in [0, 0.05) is 21.3 Å². The summed E-state index contributed by atoms with van der Waals surface area (Å²) in [6, 6.07) is 0. The Morgan fingerprint density at radius 3 is 1.73 bits per heavy atom. The zero-order valence-electron chi connectivity index (χ0n) is 6.58. The van der Waals surface area contributed by atoms with Crippen LogP contribution < -0.4 is 4.98 Å². The lowest BCUT2D eigenvalue weighted by molar-refractivity contribution is 0.107. The molecule has 0 aromatic carbocycles. The number of amides is 1. The Hall–Kier alpha value is -0.633. The van der Waals surface area contributed by atoms with Crippen molar-refractivity contribution in [1.82, 2.24) is 4.98 Å². The van der Waals surface area contributed by atoms with Gasteiger partial charge in [-0.3, -0.25) is 4.98 Å². The molecule has 0 bridgehead atoms. The first-order valence-corrected chi connectivity index (χ1v) is 4.49. The molecule has 0 saturated heterocycles. The zero-order chi connectivity index (χ0) is 8.91. The van der Waals surface area contributed by atoms with E-state index in [0.29, 0.717) is 0 Å². The highest BCUT2D eigenvalue weighted by Crippen LogP contribution is 1.99. The van der Waals surface area contributed by atoms with E-state index in [4.69, 9.17) is 18.4 Å². The molecule has 0 radical (unpaired) electrons. The van der Waals surface area contributed by atoms with Crippen molar-refractivity contribution in [3.05, 3.63) is 0 Å². The molecule has 1 amide bonds. The molecular formula is C4H11NO5Si. The zero-order valence-corrected chi connectivity index (χ0v) is 7.58. The van der Waals surface area contributed by atoms with Crippen LogP contribution in [0.4, 0.5) is 4.79 Å². The summed E-state index contributed by atoms with van der Waals surface area (Å²) >= 11 is 0. The Labute approximate surface area is 65.5 Å². The first-order chi connectivity index (χ1) is 5.10. The second kappa shape index (κ2) is 4.29. The molecule has 0 fully saturated rings. The van der Waals surface area contributed by atoms with Crippen molar-refractivity contribution in [3.8, 4) is 0 Å². The van der Waals surface area contributed by atoms with Gasteiger partial charge in [-0.25, -0.2) is 4.79 Å². The number of nitrogens with one attached hydrogen (secondary N) is 1. The molecule has 6 nitrogen and oxygen atoms in total. The maximum atomic E-state index is 10.2. The lowest BCUT2D eigenvalue weighted by atomic mass is 11.3. The molecule has 0 atom stereocenters. The minimum atomic E-state index is -3.13. The minimum Gasteiger partial charge on any atom is -0.465 e. The summed E-state index contributed by atoms with van der Waals surface area (Å²) in [5.74, 6) is 0. The molecule has 0 heterocycles. The SMILES string of the molecule is CO[Si](NC(=O)O)(OC)OC.